The lowest BCUT2D eigenvalue weighted by Crippen LogP contribution is -2.20. The maximum atomic E-state index is 12.7. The van der Waals surface area contributed by atoms with Crippen molar-refractivity contribution >= 4 is 16.9 Å². The first-order valence-electron chi connectivity index (χ1n) is 8.88. The molecule has 0 amide bonds. The smallest absolute Gasteiger partial charge is 0.343 e. The second-order valence-electron chi connectivity index (χ2n) is 6.00. The minimum absolute atomic E-state index is 0.0751. The molecule has 0 radical (unpaired) electrons. The average molecular weight is 350 g/mol. The molecule has 0 spiro atoms. The summed E-state index contributed by atoms with van der Waals surface area (Å²) in [6, 6.07) is 9.70. The molecule has 2 heterocycles. The van der Waals surface area contributed by atoms with Crippen molar-refractivity contribution in [3.63, 3.8) is 0 Å². The van der Waals surface area contributed by atoms with Crippen LogP contribution in [0.5, 0.6) is 0 Å². The molecule has 0 fully saturated rings. The molecule has 0 aliphatic heterocycles. The van der Waals surface area contributed by atoms with Crippen LogP contribution in [-0.4, -0.2) is 22.1 Å². The number of hydrogen-bond donors (Lipinski definition) is 0. The average Bonchev–Trinajstić information content (AvgIpc) is 2.68. The minimum Gasteiger partial charge on any atom is -0.462 e. The van der Waals surface area contributed by atoms with E-state index in [0.717, 1.165) is 28.8 Å². The first-order valence-corrected chi connectivity index (χ1v) is 8.88. The number of esters is 1. The molecular formula is C21H22N2O3. The summed E-state index contributed by atoms with van der Waals surface area (Å²) >= 11 is 0. The molecule has 0 saturated carbocycles. The van der Waals surface area contributed by atoms with Crippen molar-refractivity contribution in [2.24, 2.45) is 0 Å². The van der Waals surface area contributed by atoms with Crippen molar-refractivity contribution in [1.82, 2.24) is 9.55 Å². The number of fused-ring (bicyclic) bond motifs is 1. The van der Waals surface area contributed by atoms with E-state index >= 15 is 0 Å². The molecule has 0 aliphatic carbocycles. The fourth-order valence-electron chi connectivity index (χ4n) is 3.04. The Balaban J connectivity index is 2.19. The topological polar surface area (TPSA) is 61.2 Å². The molecule has 0 bridgehead atoms. The molecule has 26 heavy (non-hydrogen) atoms. The number of hydrogen-bond acceptors (Lipinski definition) is 4. The Labute approximate surface area is 152 Å². The van der Waals surface area contributed by atoms with Gasteiger partial charge in [-0.1, -0.05) is 13.0 Å². The van der Waals surface area contributed by atoms with Gasteiger partial charge >= 0.3 is 5.97 Å². The van der Waals surface area contributed by atoms with Crippen LogP contribution in [0.15, 0.2) is 47.5 Å². The van der Waals surface area contributed by atoms with Gasteiger partial charge in [0, 0.05) is 30.0 Å². The Morgan fingerprint density at radius 1 is 1.12 bits per heavy atom. The summed E-state index contributed by atoms with van der Waals surface area (Å²) in [6.07, 6.45) is 4.26. The summed E-state index contributed by atoms with van der Waals surface area (Å²) in [5.74, 6) is -0.576. The number of pyridine rings is 2. The van der Waals surface area contributed by atoms with E-state index in [1.165, 1.54) is 0 Å². The van der Waals surface area contributed by atoms with Gasteiger partial charge in [0.05, 0.1) is 12.1 Å². The predicted octanol–water partition coefficient (Wildman–Crippen LogP) is 3.82. The highest BCUT2D eigenvalue weighted by Gasteiger charge is 2.16. The van der Waals surface area contributed by atoms with Gasteiger partial charge in [0.2, 0.25) is 5.43 Å². The number of nitrogens with zero attached hydrogens (tertiary/aromatic N) is 2. The summed E-state index contributed by atoms with van der Waals surface area (Å²) in [4.78, 5) is 29.2. The summed E-state index contributed by atoms with van der Waals surface area (Å²) in [6.45, 7) is 6.65. The molecule has 5 heteroatoms. The van der Waals surface area contributed by atoms with Gasteiger partial charge in [-0.3, -0.25) is 9.78 Å². The van der Waals surface area contributed by atoms with Crippen LogP contribution in [0, 0.1) is 0 Å². The molecule has 3 rings (SSSR count). The predicted molar refractivity (Wildman–Crippen MR) is 102 cm³/mol. The number of benzene rings is 1. The van der Waals surface area contributed by atoms with E-state index < -0.39 is 5.97 Å². The fourth-order valence-corrected chi connectivity index (χ4v) is 3.04. The maximum absolute atomic E-state index is 12.7. The summed E-state index contributed by atoms with van der Waals surface area (Å²) in [5, 5.41) is 0.519. The molecule has 0 saturated heterocycles. The highest BCUT2D eigenvalue weighted by molar-refractivity contribution is 5.94. The van der Waals surface area contributed by atoms with Crippen LogP contribution in [0.25, 0.3) is 22.0 Å². The van der Waals surface area contributed by atoms with E-state index in [9.17, 15) is 9.59 Å². The minimum atomic E-state index is -0.576. The Hall–Kier alpha value is -2.95. The zero-order chi connectivity index (χ0) is 18.7. The SMILES string of the molecule is CCOC(=O)c1cn(CC)c2cc(-c3ccnc(CC)c3)ccc2c1=O. The lowest BCUT2D eigenvalue weighted by Gasteiger charge is -2.13. The monoisotopic (exact) mass is 350 g/mol. The van der Waals surface area contributed by atoms with Crippen molar-refractivity contribution in [2.45, 2.75) is 33.7 Å². The van der Waals surface area contributed by atoms with E-state index in [1.807, 2.05) is 29.7 Å². The van der Waals surface area contributed by atoms with Gasteiger partial charge in [-0.05, 0) is 55.7 Å². The summed E-state index contributed by atoms with van der Waals surface area (Å²) in [7, 11) is 0. The molecule has 0 unspecified atom stereocenters. The molecule has 5 nitrogen and oxygen atoms in total. The first-order chi connectivity index (χ1) is 12.6. The lowest BCUT2D eigenvalue weighted by molar-refractivity contribution is 0.0524. The van der Waals surface area contributed by atoms with Gasteiger partial charge in [-0.25, -0.2) is 4.79 Å². The van der Waals surface area contributed by atoms with Crippen molar-refractivity contribution in [2.75, 3.05) is 6.61 Å². The number of carbonyl (C=O) groups is 1. The Morgan fingerprint density at radius 3 is 2.58 bits per heavy atom. The van der Waals surface area contributed by atoms with Crippen molar-refractivity contribution in [3.05, 3.63) is 64.2 Å². The zero-order valence-electron chi connectivity index (χ0n) is 15.3. The first kappa shape index (κ1) is 17.9. The Kier molecular flexibility index (Phi) is 5.16. The highest BCUT2D eigenvalue weighted by atomic mass is 16.5. The van der Waals surface area contributed by atoms with Gasteiger partial charge in [0.15, 0.2) is 0 Å². The Bertz CT molecular complexity index is 1020. The lowest BCUT2D eigenvalue weighted by atomic mass is 10.0. The Morgan fingerprint density at radius 2 is 1.88 bits per heavy atom. The van der Waals surface area contributed by atoms with Crippen molar-refractivity contribution < 1.29 is 9.53 Å². The largest absolute Gasteiger partial charge is 0.462 e. The number of carbonyl (C=O) groups excluding carboxylic acids is 1. The van der Waals surface area contributed by atoms with Crippen LogP contribution in [0.3, 0.4) is 0 Å². The molecule has 1 aromatic carbocycles. The standard InChI is InChI=1S/C21H22N2O3/c1-4-16-11-15(9-10-22-16)14-7-8-17-19(12-14)23(5-2)13-18(20(17)24)21(25)26-6-3/h7-13H,4-6H2,1-3H3. The van der Waals surface area contributed by atoms with E-state index in [1.54, 1.807) is 25.4 Å². The van der Waals surface area contributed by atoms with E-state index in [0.29, 0.717) is 11.9 Å². The molecular weight excluding hydrogens is 328 g/mol. The molecule has 0 atom stereocenters. The molecule has 3 aromatic rings. The van der Waals surface area contributed by atoms with Crippen LogP contribution in [-0.2, 0) is 17.7 Å². The van der Waals surface area contributed by atoms with Gasteiger partial charge in [0.1, 0.15) is 5.56 Å². The van der Waals surface area contributed by atoms with Crippen molar-refractivity contribution in [1.29, 1.82) is 0 Å². The van der Waals surface area contributed by atoms with Crippen LogP contribution in [0.1, 0.15) is 36.8 Å². The second-order valence-corrected chi connectivity index (χ2v) is 6.00. The van der Waals surface area contributed by atoms with Crippen LogP contribution in [0.2, 0.25) is 0 Å². The zero-order valence-corrected chi connectivity index (χ0v) is 15.3. The van der Waals surface area contributed by atoms with Gasteiger partial charge in [-0.15, -0.1) is 0 Å². The number of rotatable bonds is 5. The van der Waals surface area contributed by atoms with Crippen LogP contribution in [0.4, 0.5) is 0 Å². The van der Waals surface area contributed by atoms with Gasteiger partial charge in [0.25, 0.3) is 0 Å². The third-order valence-electron chi connectivity index (χ3n) is 4.43. The molecule has 0 N–H and O–H groups in total. The van der Waals surface area contributed by atoms with E-state index in [4.69, 9.17) is 4.74 Å². The summed E-state index contributed by atoms with van der Waals surface area (Å²) < 4.78 is 6.93. The van der Waals surface area contributed by atoms with Gasteiger partial charge < -0.3 is 9.30 Å². The fraction of sp³-hybridized carbons (Fsp3) is 0.286. The van der Waals surface area contributed by atoms with E-state index in [2.05, 4.69) is 18.0 Å². The maximum Gasteiger partial charge on any atom is 0.343 e. The normalized spacial score (nSPS) is 10.9. The van der Waals surface area contributed by atoms with Crippen LogP contribution >= 0.6 is 0 Å². The number of ether oxygens (including phenoxy) is 1. The molecule has 0 aliphatic rings. The number of aromatic nitrogens is 2. The third kappa shape index (κ3) is 3.25. The molecule has 2 aromatic heterocycles. The van der Waals surface area contributed by atoms with Crippen molar-refractivity contribution in [3.8, 4) is 11.1 Å². The highest BCUT2D eigenvalue weighted by Crippen LogP contribution is 2.24. The second kappa shape index (κ2) is 7.52. The van der Waals surface area contributed by atoms with E-state index in [-0.39, 0.29) is 17.6 Å². The number of aryl methyl sites for hydroxylation is 2. The van der Waals surface area contributed by atoms with Crippen LogP contribution < -0.4 is 5.43 Å². The summed E-state index contributed by atoms with van der Waals surface area (Å²) in [5.41, 5.74) is 3.68. The molecule has 134 valence electrons. The third-order valence-corrected chi connectivity index (χ3v) is 4.43. The quantitative estimate of drug-likeness (QED) is 0.656. The van der Waals surface area contributed by atoms with Gasteiger partial charge in [-0.2, -0.15) is 0 Å².